The molecule has 1 aromatic carbocycles. The highest BCUT2D eigenvalue weighted by molar-refractivity contribution is 8.01. The van der Waals surface area contributed by atoms with Crippen LogP contribution in [0.4, 0.5) is 0 Å². The lowest BCUT2D eigenvalue weighted by molar-refractivity contribution is -0.152. The number of thioether (sulfide) groups is 1. The van der Waals surface area contributed by atoms with Crippen molar-refractivity contribution >= 4 is 23.7 Å². The van der Waals surface area contributed by atoms with Gasteiger partial charge in [0.05, 0.1) is 13.2 Å². The third kappa shape index (κ3) is 4.60. The molecular formula is C17H21N3O4S. The number of rotatable bonds is 7. The molecule has 134 valence electrons. The standard InChI is InChI=1S/C17H21N3O4S/c1-5-23-15(21)13(16(22)24-6-2)25-17-19-18-14(20(17)4)12-9-7-8-11(3)10-12/h7-10,13H,5-6H2,1-4H3. The Morgan fingerprint density at radius 1 is 1.16 bits per heavy atom. The summed E-state index contributed by atoms with van der Waals surface area (Å²) < 4.78 is 11.7. The Morgan fingerprint density at radius 2 is 1.80 bits per heavy atom. The van der Waals surface area contributed by atoms with E-state index in [0.29, 0.717) is 11.0 Å². The summed E-state index contributed by atoms with van der Waals surface area (Å²) in [5, 5.41) is 7.59. The minimum absolute atomic E-state index is 0.183. The van der Waals surface area contributed by atoms with E-state index >= 15 is 0 Å². The number of nitrogens with zero attached hydrogens (tertiary/aromatic N) is 3. The van der Waals surface area contributed by atoms with E-state index in [2.05, 4.69) is 10.2 Å². The van der Waals surface area contributed by atoms with E-state index in [1.54, 1.807) is 25.5 Å². The molecule has 0 saturated heterocycles. The molecule has 7 nitrogen and oxygen atoms in total. The third-order valence-corrected chi connectivity index (χ3v) is 4.52. The maximum atomic E-state index is 12.1. The van der Waals surface area contributed by atoms with E-state index in [0.717, 1.165) is 22.9 Å². The van der Waals surface area contributed by atoms with Gasteiger partial charge in [0, 0.05) is 12.6 Å². The van der Waals surface area contributed by atoms with E-state index in [1.165, 1.54) is 0 Å². The molecule has 0 amide bonds. The Labute approximate surface area is 150 Å². The predicted molar refractivity (Wildman–Crippen MR) is 94.1 cm³/mol. The monoisotopic (exact) mass is 363 g/mol. The van der Waals surface area contributed by atoms with Gasteiger partial charge in [-0.15, -0.1) is 10.2 Å². The number of carbonyl (C=O) groups is 2. The van der Waals surface area contributed by atoms with Gasteiger partial charge in [0.15, 0.2) is 11.0 Å². The summed E-state index contributed by atoms with van der Waals surface area (Å²) in [5.41, 5.74) is 2.01. The van der Waals surface area contributed by atoms with Crippen LogP contribution in [0.15, 0.2) is 29.4 Å². The van der Waals surface area contributed by atoms with Crippen molar-refractivity contribution in [3.05, 3.63) is 29.8 Å². The lowest BCUT2D eigenvalue weighted by Gasteiger charge is -2.13. The maximum Gasteiger partial charge on any atom is 0.331 e. The molecule has 1 aromatic heterocycles. The van der Waals surface area contributed by atoms with Gasteiger partial charge in [-0.25, -0.2) is 0 Å². The molecule has 0 atom stereocenters. The van der Waals surface area contributed by atoms with Gasteiger partial charge < -0.3 is 14.0 Å². The van der Waals surface area contributed by atoms with Crippen LogP contribution in [0.3, 0.4) is 0 Å². The van der Waals surface area contributed by atoms with Crippen LogP contribution in [0.25, 0.3) is 11.4 Å². The summed E-state index contributed by atoms with van der Waals surface area (Å²) in [6.45, 7) is 5.73. The zero-order chi connectivity index (χ0) is 18.4. The zero-order valence-electron chi connectivity index (χ0n) is 14.7. The second-order valence-corrected chi connectivity index (χ2v) is 6.31. The smallest absolute Gasteiger partial charge is 0.331 e. The average molecular weight is 363 g/mol. The SMILES string of the molecule is CCOC(=O)C(Sc1nnc(-c2cccc(C)c2)n1C)C(=O)OCC. The van der Waals surface area contributed by atoms with E-state index in [4.69, 9.17) is 9.47 Å². The first-order valence-corrected chi connectivity index (χ1v) is 8.82. The fourth-order valence-corrected chi connectivity index (χ4v) is 3.06. The van der Waals surface area contributed by atoms with Crippen molar-refractivity contribution in [3.63, 3.8) is 0 Å². The maximum absolute atomic E-state index is 12.1. The largest absolute Gasteiger partial charge is 0.465 e. The Hall–Kier alpha value is -2.35. The first-order chi connectivity index (χ1) is 12.0. The van der Waals surface area contributed by atoms with Crippen molar-refractivity contribution in [2.75, 3.05) is 13.2 Å². The van der Waals surface area contributed by atoms with Crippen molar-refractivity contribution in [2.24, 2.45) is 7.05 Å². The van der Waals surface area contributed by atoms with E-state index in [9.17, 15) is 9.59 Å². The first kappa shape index (κ1) is 19.0. The van der Waals surface area contributed by atoms with E-state index < -0.39 is 17.2 Å². The molecule has 0 fully saturated rings. The highest BCUT2D eigenvalue weighted by atomic mass is 32.2. The first-order valence-electron chi connectivity index (χ1n) is 7.94. The predicted octanol–water partition coefficient (Wildman–Crippen LogP) is 2.38. The number of esters is 2. The normalized spacial score (nSPS) is 10.8. The van der Waals surface area contributed by atoms with Crippen molar-refractivity contribution in [2.45, 2.75) is 31.2 Å². The minimum Gasteiger partial charge on any atom is -0.465 e. The van der Waals surface area contributed by atoms with Crippen LogP contribution in [-0.4, -0.2) is 45.2 Å². The van der Waals surface area contributed by atoms with Crippen molar-refractivity contribution in [1.82, 2.24) is 14.8 Å². The molecule has 0 aliphatic rings. The number of carbonyl (C=O) groups excluding carboxylic acids is 2. The molecule has 0 saturated carbocycles. The summed E-state index contributed by atoms with van der Waals surface area (Å²) in [6, 6.07) is 7.85. The molecule has 1 heterocycles. The molecule has 0 spiro atoms. The van der Waals surface area contributed by atoms with Crippen LogP contribution < -0.4 is 0 Å². The summed E-state index contributed by atoms with van der Waals surface area (Å²) in [7, 11) is 1.79. The molecule has 0 aliphatic carbocycles. The molecule has 0 unspecified atom stereocenters. The number of ether oxygens (including phenoxy) is 2. The van der Waals surface area contributed by atoms with Crippen LogP contribution >= 0.6 is 11.8 Å². The fraction of sp³-hybridized carbons (Fsp3) is 0.412. The Kier molecular flexibility index (Phi) is 6.58. The van der Waals surface area contributed by atoms with Crippen LogP contribution in [0.5, 0.6) is 0 Å². The molecule has 0 radical (unpaired) electrons. The Balaban J connectivity index is 2.28. The van der Waals surface area contributed by atoms with Gasteiger partial charge in [-0.3, -0.25) is 9.59 Å². The highest BCUT2D eigenvalue weighted by Gasteiger charge is 2.32. The zero-order valence-corrected chi connectivity index (χ0v) is 15.5. The quantitative estimate of drug-likeness (QED) is 0.424. The fourth-order valence-electron chi connectivity index (χ4n) is 2.19. The van der Waals surface area contributed by atoms with Gasteiger partial charge in [-0.05, 0) is 26.8 Å². The molecular weight excluding hydrogens is 342 g/mol. The Morgan fingerprint density at radius 3 is 2.36 bits per heavy atom. The third-order valence-electron chi connectivity index (χ3n) is 3.34. The van der Waals surface area contributed by atoms with E-state index in [-0.39, 0.29) is 13.2 Å². The molecule has 25 heavy (non-hydrogen) atoms. The molecule has 0 bridgehead atoms. The molecule has 8 heteroatoms. The number of benzene rings is 1. The van der Waals surface area contributed by atoms with Gasteiger partial charge in [-0.2, -0.15) is 0 Å². The van der Waals surface area contributed by atoms with Crippen LogP contribution in [-0.2, 0) is 26.1 Å². The summed E-state index contributed by atoms with van der Waals surface area (Å²) in [6.07, 6.45) is 0. The van der Waals surface area contributed by atoms with Gasteiger partial charge in [0.2, 0.25) is 5.25 Å². The molecule has 2 rings (SSSR count). The number of hydrogen-bond acceptors (Lipinski definition) is 7. The molecule has 2 aromatic rings. The van der Waals surface area contributed by atoms with Gasteiger partial charge in [0.1, 0.15) is 0 Å². The Bertz CT molecular complexity index is 742. The van der Waals surface area contributed by atoms with Crippen molar-refractivity contribution in [1.29, 1.82) is 0 Å². The van der Waals surface area contributed by atoms with Gasteiger partial charge in [0.25, 0.3) is 0 Å². The lowest BCUT2D eigenvalue weighted by Crippen LogP contribution is -2.31. The summed E-state index contributed by atoms with van der Waals surface area (Å²) >= 11 is 0.971. The molecule has 0 N–H and O–H groups in total. The van der Waals surface area contributed by atoms with Crippen molar-refractivity contribution < 1.29 is 19.1 Å². The number of aromatic nitrogens is 3. The second kappa shape index (κ2) is 8.66. The molecule has 0 aliphatic heterocycles. The average Bonchev–Trinajstić information content (AvgIpc) is 2.93. The summed E-state index contributed by atoms with van der Waals surface area (Å²) in [5.74, 6) is -0.644. The minimum atomic E-state index is -1.13. The lowest BCUT2D eigenvalue weighted by atomic mass is 10.1. The second-order valence-electron chi connectivity index (χ2n) is 5.24. The van der Waals surface area contributed by atoms with Crippen molar-refractivity contribution in [3.8, 4) is 11.4 Å². The highest BCUT2D eigenvalue weighted by Crippen LogP contribution is 2.27. The van der Waals surface area contributed by atoms with Crippen LogP contribution in [0.1, 0.15) is 19.4 Å². The topological polar surface area (TPSA) is 83.3 Å². The van der Waals surface area contributed by atoms with Gasteiger partial charge in [-0.1, -0.05) is 35.5 Å². The van der Waals surface area contributed by atoms with Gasteiger partial charge >= 0.3 is 11.9 Å². The summed E-state index contributed by atoms with van der Waals surface area (Å²) in [4.78, 5) is 24.2. The van der Waals surface area contributed by atoms with Crippen LogP contribution in [0.2, 0.25) is 0 Å². The van der Waals surface area contributed by atoms with Crippen LogP contribution in [0, 0.1) is 6.92 Å². The number of aryl methyl sites for hydroxylation is 1. The van der Waals surface area contributed by atoms with E-state index in [1.807, 2.05) is 31.2 Å². The number of hydrogen-bond donors (Lipinski definition) is 0.